The smallest absolute Gasteiger partial charge is 0.0292 e. The fourth-order valence-electron chi connectivity index (χ4n) is 3.07. The van der Waals surface area contributed by atoms with E-state index < -0.39 is 0 Å². The predicted octanol–water partition coefficient (Wildman–Crippen LogP) is 3.81. The van der Waals surface area contributed by atoms with Crippen molar-refractivity contribution >= 4 is 0 Å². The van der Waals surface area contributed by atoms with E-state index in [1.54, 1.807) is 11.1 Å². The van der Waals surface area contributed by atoms with E-state index in [0.717, 1.165) is 6.42 Å². The van der Waals surface area contributed by atoms with E-state index in [1.165, 1.54) is 18.4 Å². The quantitative estimate of drug-likeness (QED) is 0.659. The molecule has 0 spiro atoms. The highest BCUT2D eigenvalue weighted by atomic mass is 14.6. The molecule has 0 aromatic carbocycles. The average molecular weight is 219 g/mol. The topological polar surface area (TPSA) is 26.0 Å². The van der Waals surface area contributed by atoms with Gasteiger partial charge in [-0.05, 0) is 42.6 Å². The highest BCUT2D eigenvalue weighted by molar-refractivity contribution is 5.43. The van der Waals surface area contributed by atoms with E-state index in [0.29, 0.717) is 10.8 Å². The summed E-state index contributed by atoms with van der Waals surface area (Å²) in [6.45, 7) is 11.7. The molecule has 0 radical (unpaired) electrons. The molecule has 0 fully saturated rings. The number of rotatable bonds is 0. The normalized spacial score (nSPS) is 32.1. The Bertz CT molecular complexity index is 369. The molecule has 0 heterocycles. The van der Waals surface area contributed by atoms with Crippen molar-refractivity contribution in [3.63, 3.8) is 0 Å². The Morgan fingerprint density at radius 3 is 2.31 bits per heavy atom. The van der Waals surface area contributed by atoms with E-state index in [2.05, 4.69) is 40.7 Å². The van der Waals surface area contributed by atoms with Crippen LogP contribution in [0.3, 0.4) is 0 Å². The van der Waals surface area contributed by atoms with Crippen molar-refractivity contribution in [1.82, 2.24) is 0 Å². The van der Waals surface area contributed by atoms with Crippen molar-refractivity contribution in [1.29, 1.82) is 0 Å². The molecule has 0 aromatic heterocycles. The molecule has 1 atom stereocenters. The second-order valence-corrected chi connectivity index (χ2v) is 6.86. The first-order valence-corrected chi connectivity index (χ1v) is 6.42. The molecule has 1 nitrogen and oxygen atoms in total. The molecule has 0 bridgehead atoms. The first-order valence-electron chi connectivity index (χ1n) is 6.42. The fourth-order valence-corrected chi connectivity index (χ4v) is 3.07. The van der Waals surface area contributed by atoms with E-state index >= 15 is 0 Å². The molecule has 90 valence electrons. The zero-order valence-corrected chi connectivity index (χ0v) is 11.4. The van der Waals surface area contributed by atoms with E-state index in [-0.39, 0.29) is 6.04 Å². The first kappa shape index (κ1) is 11.9. The van der Waals surface area contributed by atoms with E-state index in [9.17, 15) is 0 Å². The van der Waals surface area contributed by atoms with Crippen LogP contribution < -0.4 is 5.73 Å². The van der Waals surface area contributed by atoms with Crippen LogP contribution >= 0.6 is 0 Å². The predicted molar refractivity (Wildman–Crippen MR) is 70.2 cm³/mol. The molecule has 2 rings (SSSR count). The minimum Gasteiger partial charge on any atom is -0.324 e. The van der Waals surface area contributed by atoms with Crippen LogP contribution in [0.2, 0.25) is 0 Å². The van der Waals surface area contributed by atoms with Gasteiger partial charge in [0.05, 0.1) is 0 Å². The summed E-state index contributed by atoms with van der Waals surface area (Å²) in [5.74, 6) is 0. The van der Waals surface area contributed by atoms with Crippen molar-refractivity contribution in [3.8, 4) is 0 Å². The minimum absolute atomic E-state index is 0.243. The highest BCUT2D eigenvalue weighted by Gasteiger charge is 2.40. The standard InChI is InChI=1S/C15H25N/c1-10-8-11-12(9-13(10)16)15(4,5)7-6-14(11,2)3/h8,13H,6-7,9,16H2,1-5H3. The van der Waals surface area contributed by atoms with Crippen molar-refractivity contribution < 1.29 is 0 Å². The summed E-state index contributed by atoms with van der Waals surface area (Å²) in [4.78, 5) is 0. The van der Waals surface area contributed by atoms with Crippen molar-refractivity contribution in [2.45, 2.75) is 59.9 Å². The summed E-state index contributed by atoms with van der Waals surface area (Å²) in [5, 5.41) is 0. The second-order valence-electron chi connectivity index (χ2n) is 6.86. The van der Waals surface area contributed by atoms with Crippen molar-refractivity contribution in [2.24, 2.45) is 16.6 Å². The van der Waals surface area contributed by atoms with Gasteiger partial charge in [-0.15, -0.1) is 0 Å². The van der Waals surface area contributed by atoms with Gasteiger partial charge in [0, 0.05) is 6.04 Å². The molecular formula is C15H25N. The molecule has 2 N–H and O–H groups in total. The van der Waals surface area contributed by atoms with Crippen LogP contribution in [-0.2, 0) is 0 Å². The Balaban J connectivity index is 2.54. The lowest BCUT2D eigenvalue weighted by Gasteiger charge is -2.46. The summed E-state index contributed by atoms with van der Waals surface area (Å²) in [7, 11) is 0. The zero-order chi connectivity index (χ0) is 12.1. The summed E-state index contributed by atoms with van der Waals surface area (Å²) < 4.78 is 0. The molecule has 1 heteroatoms. The highest BCUT2D eigenvalue weighted by Crippen LogP contribution is 2.52. The van der Waals surface area contributed by atoms with Crippen molar-refractivity contribution in [3.05, 3.63) is 22.8 Å². The Labute approximate surface area is 99.8 Å². The minimum atomic E-state index is 0.243. The van der Waals surface area contributed by atoms with Gasteiger partial charge in [0.2, 0.25) is 0 Å². The monoisotopic (exact) mass is 219 g/mol. The molecule has 0 saturated carbocycles. The maximum Gasteiger partial charge on any atom is 0.0292 e. The SMILES string of the molecule is CC1=CC2=C(CC1N)C(C)(C)CCC2(C)C. The van der Waals surface area contributed by atoms with Gasteiger partial charge in [-0.2, -0.15) is 0 Å². The third kappa shape index (κ3) is 1.75. The number of allylic oxidation sites excluding steroid dienone is 2. The van der Waals surface area contributed by atoms with E-state index in [4.69, 9.17) is 5.73 Å². The third-order valence-electron chi connectivity index (χ3n) is 4.63. The van der Waals surface area contributed by atoms with Gasteiger partial charge in [-0.1, -0.05) is 44.9 Å². The van der Waals surface area contributed by atoms with Gasteiger partial charge in [0.15, 0.2) is 0 Å². The van der Waals surface area contributed by atoms with Crippen LogP contribution in [0.1, 0.15) is 53.9 Å². The van der Waals surface area contributed by atoms with Crippen molar-refractivity contribution in [2.75, 3.05) is 0 Å². The van der Waals surface area contributed by atoms with Gasteiger partial charge in [0.1, 0.15) is 0 Å². The molecule has 2 aliphatic carbocycles. The lowest BCUT2D eigenvalue weighted by molar-refractivity contribution is 0.255. The number of hydrogen-bond donors (Lipinski definition) is 1. The largest absolute Gasteiger partial charge is 0.324 e. The molecule has 1 unspecified atom stereocenters. The maximum absolute atomic E-state index is 6.19. The van der Waals surface area contributed by atoms with Crippen LogP contribution in [0.25, 0.3) is 0 Å². The molecule has 0 saturated heterocycles. The van der Waals surface area contributed by atoms with Gasteiger partial charge < -0.3 is 5.73 Å². The number of hydrogen-bond acceptors (Lipinski definition) is 1. The summed E-state index contributed by atoms with van der Waals surface area (Å²) in [5.41, 5.74) is 11.4. The van der Waals surface area contributed by atoms with Crippen LogP contribution in [0.5, 0.6) is 0 Å². The Hall–Kier alpha value is -0.560. The Kier molecular flexibility index (Phi) is 2.58. The lowest BCUT2D eigenvalue weighted by Crippen LogP contribution is -2.37. The summed E-state index contributed by atoms with van der Waals surface area (Å²) in [6.07, 6.45) is 6.01. The lowest BCUT2D eigenvalue weighted by atomic mass is 9.60. The molecule has 0 amide bonds. The number of nitrogens with two attached hydrogens (primary N) is 1. The Morgan fingerprint density at radius 2 is 1.69 bits per heavy atom. The van der Waals surface area contributed by atoms with Gasteiger partial charge in [0.25, 0.3) is 0 Å². The van der Waals surface area contributed by atoms with Crippen LogP contribution in [0, 0.1) is 10.8 Å². The third-order valence-corrected chi connectivity index (χ3v) is 4.63. The molecule has 0 aliphatic heterocycles. The van der Waals surface area contributed by atoms with Crippen LogP contribution in [-0.4, -0.2) is 6.04 Å². The van der Waals surface area contributed by atoms with Gasteiger partial charge in [-0.25, -0.2) is 0 Å². The molecule has 2 aliphatic rings. The fraction of sp³-hybridized carbons (Fsp3) is 0.733. The van der Waals surface area contributed by atoms with Crippen LogP contribution in [0.4, 0.5) is 0 Å². The van der Waals surface area contributed by atoms with Gasteiger partial charge in [-0.3, -0.25) is 0 Å². The molecular weight excluding hydrogens is 194 g/mol. The summed E-state index contributed by atoms with van der Waals surface area (Å²) >= 11 is 0. The first-order chi connectivity index (χ1) is 7.24. The van der Waals surface area contributed by atoms with E-state index in [1.807, 2.05) is 0 Å². The van der Waals surface area contributed by atoms with Crippen LogP contribution in [0.15, 0.2) is 22.8 Å². The summed E-state index contributed by atoms with van der Waals surface area (Å²) in [6, 6.07) is 0.243. The Morgan fingerprint density at radius 1 is 1.12 bits per heavy atom. The second kappa shape index (κ2) is 3.46. The maximum atomic E-state index is 6.19. The molecule has 16 heavy (non-hydrogen) atoms. The van der Waals surface area contributed by atoms with Gasteiger partial charge >= 0.3 is 0 Å². The molecule has 0 aromatic rings. The average Bonchev–Trinajstić information content (AvgIpc) is 2.17. The zero-order valence-electron chi connectivity index (χ0n) is 11.4.